The number of rotatable bonds is 6. The van der Waals surface area contributed by atoms with Gasteiger partial charge in [-0.15, -0.1) is 16.4 Å². The van der Waals surface area contributed by atoms with E-state index in [1.807, 2.05) is 51.1 Å². The highest BCUT2D eigenvalue weighted by molar-refractivity contribution is 7.99. The van der Waals surface area contributed by atoms with Gasteiger partial charge in [0.15, 0.2) is 4.96 Å². The number of imidazole rings is 1. The number of benzene rings is 1. The number of anilines is 1. The van der Waals surface area contributed by atoms with E-state index in [9.17, 15) is 4.79 Å². The first-order valence-corrected chi connectivity index (χ1v) is 10.4. The van der Waals surface area contributed by atoms with E-state index in [1.54, 1.807) is 11.3 Å². The van der Waals surface area contributed by atoms with Crippen LogP contribution in [0.25, 0.3) is 16.2 Å². The van der Waals surface area contributed by atoms with Crippen LogP contribution in [0.2, 0.25) is 0 Å². The van der Waals surface area contributed by atoms with Crippen molar-refractivity contribution in [3.05, 3.63) is 42.0 Å². The molecule has 3 heterocycles. The Morgan fingerprint density at radius 2 is 2.15 bits per heavy atom. The van der Waals surface area contributed by atoms with Crippen molar-refractivity contribution >= 4 is 39.7 Å². The average Bonchev–Trinajstić information content (AvgIpc) is 3.06. The number of amides is 1. The molecule has 1 fully saturated rings. The first kappa shape index (κ1) is 16.5. The molecule has 0 unspecified atom stereocenters. The summed E-state index contributed by atoms with van der Waals surface area (Å²) in [7, 11) is 0. The van der Waals surface area contributed by atoms with Gasteiger partial charge in [-0.25, -0.2) is 9.67 Å². The van der Waals surface area contributed by atoms with E-state index in [0.717, 1.165) is 34.7 Å². The normalized spacial score (nSPS) is 13.9. The molecule has 1 aliphatic rings. The van der Waals surface area contributed by atoms with Gasteiger partial charge in [0.05, 0.1) is 17.5 Å². The minimum atomic E-state index is -0.0828. The molecule has 1 aliphatic carbocycles. The van der Waals surface area contributed by atoms with Crippen LogP contribution in [0, 0.1) is 0 Å². The zero-order valence-corrected chi connectivity index (χ0v) is 15.8. The van der Waals surface area contributed by atoms with Gasteiger partial charge in [0.2, 0.25) is 11.1 Å². The summed E-state index contributed by atoms with van der Waals surface area (Å²) in [5, 5.41) is 17.3. The number of nitrogens with one attached hydrogen (secondary N) is 1. The van der Waals surface area contributed by atoms with Crippen LogP contribution < -0.4 is 5.32 Å². The van der Waals surface area contributed by atoms with Gasteiger partial charge in [0, 0.05) is 29.0 Å². The van der Waals surface area contributed by atoms with Crippen LogP contribution >= 0.6 is 23.1 Å². The van der Waals surface area contributed by atoms with Crippen LogP contribution in [0.4, 0.5) is 5.69 Å². The SMILES string of the molecule is O=C(CSc1nnnn1C1CC1)Nc1ccc(-c2cn3ccsc3n2)cc1. The van der Waals surface area contributed by atoms with Crippen LogP contribution in [0.1, 0.15) is 18.9 Å². The molecule has 0 radical (unpaired) electrons. The third kappa shape index (κ3) is 3.45. The van der Waals surface area contributed by atoms with E-state index in [4.69, 9.17) is 0 Å². The van der Waals surface area contributed by atoms with E-state index in [1.165, 1.54) is 11.8 Å². The lowest BCUT2D eigenvalue weighted by atomic mass is 10.1. The van der Waals surface area contributed by atoms with Gasteiger partial charge in [-0.1, -0.05) is 23.9 Å². The van der Waals surface area contributed by atoms with Crippen LogP contribution in [0.15, 0.2) is 47.2 Å². The number of carbonyl (C=O) groups is 1. The first-order valence-electron chi connectivity index (χ1n) is 8.49. The second-order valence-corrected chi connectivity index (χ2v) is 8.09. The molecule has 136 valence electrons. The summed E-state index contributed by atoms with van der Waals surface area (Å²) < 4.78 is 3.81. The predicted octanol–water partition coefficient (Wildman–Crippen LogP) is 3.12. The molecule has 1 saturated carbocycles. The lowest BCUT2D eigenvalue weighted by Gasteiger charge is -2.06. The summed E-state index contributed by atoms with van der Waals surface area (Å²) in [6, 6.07) is 8.10. The second-order valence-electron chi connectivity index (χ2n) is 6.27. The topological polar surface area (TPSA) is 90.0 Å². The predicted molar refractivity (Wildman–Crippen MR) is 104 cm³/mol. The van der Waals surface area contributed by atoms with Crippen molar-refractivity contribution in [3.8, 4) is 11.3 Å². The fourth-order valence-corrected chi connectivity index (χ4v) is 4.19. The maximum absolute atomic E-state index is 12.2. The standard InChI is InChI=1S/C17H15N7OS2/c25-15(10-27-17-20-21-22-24(17)13-5-6-13)18-12-3-1-11(2-4-12)14-9-23-7-8-26-16(23)19-14/h1-4,7-9,13H,5-6,10H2,(H,18,25). The molecule has 1 N–H and O–H groups in total. The number of thiazole rings is 1. The minimum absolute atomic E-state index is 0.0828. The number of fused-ring (bicyclic) bond motifs is 1. The summed E-state index contributed by atoms with van der Waals surface area (Å²) in [5.41, 5.74) is 2.69. The Morgan fingerprint density at radius 3 is 2.93 bits per heavy atom. The zero-order valence-electron chi connectivity index (χ0n) is 14.1. The summed E-state index contributed by atoms with van der Waals surface area (Å²) >= 11 is 2.96. The quantitative estimate of drug-likeness (QED) is 0.503. The minimum Gasteiger partial charge on any atom is -0.325 e. The van der Waals surface area contributed by atoms with Crippen molar-refractivity contribution in [2.24, 2.45) is 0 Å². The Kier molecular flexibility index (Phi) is 4.13. The summed E-state index contributed by atoms with van der Waals surface area (Å²) in [4.78, 5) is 17.8. The summed E-state index contributed by atoms with van der Waals surface area (Å²) in [6.45, 7) is 0. The molecular formula is C17H15N7OS2. The van der Waals surface area contributed by atoms with Gasteiger partial charge in [0.1, 0.15) is 0 Å². The largest absolute Gasteiger partial charge is 0.325 e. The van der Waals surface area contributed by atoms with Crippen LogP contribution in [0.3, 0.4) is 0 Å². The fourth-order valence-electron chi connectivity index (χ4n) is 2.75. The van der Waals surface area contributed by atoms with Crippen molar-refractivity contribution in [2.75, 3.05) is 11.1 Å². The van der Waals surface area contributed by atoms with Gasteiger partial charge >= 0.3 is 0 Å². The van der Waals surface area contributed by atoms with Gasteiger partial charge < -0.3 is 5.32 Å². The molecule has 8 nitrogen and oxygen atoms in total. The molecule has 10 heteroatoms. The Hall–Kier alpha value is -2.72. The van der Waals surface area contributed by atoms with E-state index >= 15 is 0 Å². The highest BCUT2D eigenvalue weighted by Gasteiger charge is 2.28. The molecule has 0 saturated heterocycles. The molecule has 5 rings (SSSR count). The Balaban J connectivity index is 1.21. The Bertz CT molecular complexity index is 1070. The summed E-state index contributed by atoms with van der Waals surface area (Å²) in [5.74, 6) is 0.187. The van der Waals surface area contributed by atoms with E-state index in [-0.39, 0.29) is 11.7 Å². The van der Waals surface area contributed by atoms with Crippen molar-refractivity contribution in [1.82, 2.24) is 29.6 Å². The Morgan fingerprint density at radius 1 is 1.30 bits per heavy atom. The van der Waals surface area contributed by atoms with Crippen LogP contribution in [0.5, 0.6) is 0 Å². The maximum atomic E-state index is 12.2. The zero-order chi connectivity index (χ0) is 18.2. The number of carbonyl (C=O) groups excluding carboxylic acids is 1. The first-order chi connectivity index (χ1) is 13.3. The number of thioether (sulfide) groups is 1. The summed E-state index contributed by atoms with van der Waals surface area (Å²) in [6.07, 6.45) is 6.19. The maximum Gasteiger partial charge on any atom is 0.234 e. The molecule has 0 spiro atoms. The van der Waals surface area contributed by atoms with Crippen LogP contribution in [-0.2, 0) is 4.79 Å². The molecule has 1 aromatic carbocycles. The van der Waals surface area contributed by atoms with Gasteiger partial charge in [-0.3, -0.25) is 9.20 Å². The van der Waals surface area contributed by atoms with E-state index in [0.29, 0.717) is 11.2 Å². The Labute approximate surface area is 162 Å². The monoisotopic (exact) mass is 397 g/mol. The highest BCUT2D eigenvalue weighted by Crippen LogP contribution is 2.36. The lowest BCUT2D eigenvalue weighted by molar-refractivity contribution is -0.113. The smallest absolute Gasteiger partial charge is 0.234 e. The van der Waals surface area contributed by atoms with Crippen molar-refractivity contribution in [1.29, 1.82) is 0 Å². The molecule has 0 atom stereocenters. The molecule has 1 amide bonds. The third-order valence-electron chi connectivity index (χ3n) is 4.25. The van der Waals surface area contributed by atoms with Crippen molar-refractivity contribution in [3.63, 3.8) is 0 Å². The number of tetrazole rings is 1. The molecule has 0 aliphatic heterocycles. The molecule has 0 bridgehead atoms. The van der Waals surface area contributed by atoms with Gasteiger partial charge in [-0.05, 0) is 35.4 Å². The third-order valence-corrected chi connectivity index (χ3v) is 5.95. The van der Waals surface area contributed by atoms with Crippen LogP contribution in [-0.4, -0.2) is 41.3 Å². The lowest BCUT2D eigenvalue weighted by Crippen LogP contribution is -2.14. The second kappa shape index (κ2) is 6.78. The molecule has 4 aromatic rings. The number of aromatic nitrogens is 6. The fraction of sp³-hybridized carbons (Fsp3) is 0.235. The average molecular weight is 397 g/mol. The van der Waals surface area contributed by atoms with E-state index in [2.05, 4.69) is 25.8 Å². The molecular weight excluding hydrogens is 382 g/mol. The number of hydrogen-bond acceptors (Lipinski definition) is 7. The van der Waals surface area contributed by atoms with Gasteiger partial charge in [0.25, 0.3) is 0 Å². The highest BCUT2D eigenvalue weighted by atomic mass is 32.2. The number of hydrogen-bond donors (Lipinski definition) is 1. The van der Waals surface area contributed by atoms with E-state index < -0.39 is 0 Å². The number of nitrogens with zero attached hydrogens (tertiary/aromatic N) is 6. The molecule has 27 heavy (non-hydrogen) atoms. The van der Waals surface area contributed by atoms with Crippen molar-refractivity contribution in [2.45, 2.75) is 24.0 Å². The van der Waals surface area contributed by atoms with Gasteiger partial charge in [-0.2, -0.15) is 0 Å². The van der Waals surface area contributed by atoms with Crippen molar-refractivity contribution < 1.29 is 4.79 Å². The molecule has 3 aromatic heterocycles.